The van der Waals surface area contributed by atoms with E-state index in [0.717, 1.165) is 17.7 Å². The standard InChI is InChI=1S/C14H21Br/c1-4-12-5-7-13(8-6-12)14(10-15)9-11(2)3/h5-8,11,14H,4,9-10H2,1-3H3. The van der Waals surface area contributed by atoms with Gasteiger partial charge in [-0.1, -0.05) is 61.0 Å². The minimum Gasteiger partial charge on any atom is -0.0921 e. The second-order valence-electron chi connectivity index (χ2n) is 4.58. The summed E-state index contributed by atoms with van der Waals surface area (Å²) < 4.78 is 0. The Labute approximate surface area is 102 Å². The monoisotopic (exact) mass is 268 g/mol. The van der Waals surface area contributed by atoms with Crippen molar-refractivity contribution in [3.8, 4) is 0 Å². The van der Waals surface area contributed by atoms with Gasteiger partial charge in [-0.3, -0.25) is 0 Å². The van der Waals surface area contributed by atoms with E-state index in [1.165, 1.54) is 17.5 Å². The Bertz CT molecular complexity index is 274. The molecular formula is C14H21Br. The number of benzene rings is 1. The number of aryl methyl sites for hydroxylation is 1. The fourth-order valence-electron chi connectivity index (χ4n) is 1.88. The maximum absolute atomic E-state index is 3.62. The summed E-state index contributed by atoms with van der Waals surface area (Å²) in [6.07, 6.45) is 2.39. The SMILES string of the molecule is CCc1ccc(C(CBr)CC(C)C)cc1. The Kier molecular flexibility index (Phi) is 5.38. The van der Waals surface area contributed by atoms with Crippen molar-refractivity contribution < 1.29 is 0 Å². The number of hydrogen-bond donors (Lipinski definition) is 0. The van der Waals surface area contributed by atoms with E-state index < -0.39 is 0 Å². The second-order valence-corrected chi connectivity index (χ2v) is 5.22. The van der Waals surface area contributed by atoms with Gasteiger partial charge in [-0.15, -0.1) is 0 Å². The van der Waals surface area contributed by atoms with Crippen LogP contribution in [-0.4, -0.2) is 5.33 Å². The van der Waals surface area contributed by atoms with Crippen molar-refractivity contribution in [1.82, 2.24) is 0 Å². The van der Waals surface area contributed by atoms with E-state index in [9.17, 15) is 0 Å². The molecule has 1 aromatic rings. The molecule has 0 saturated carbocycles. The maximum Gasteiger partial charge on any atom is 0.0100 e. The molecule has 0 amide bonds. The van der Waals surface area contributed by atoms with Crippen LogP contribution < -0.4 is 0 Å². The highest BCUT2D eigenvalue weighted by Crippen LogP contribution is 2.25. The van der Waals surface area contributed by atoms with Gasteiger partial charge in [-0.2, -0.15) is 0 Å². The van der Waals surface area contributed by atoms with Gasteiger partial charge in [0.25, 0.3) is 0 Å². The largest absolute Gasteiger partial charge is 0.0921 e. The lowest BCUT2D eigenvalue weighted by Crippen LogP contribution is -2.04. The molecule has 0 heterocycles. The molecule has 15 heavy (non-hydrogen) atoms. The molecule has 0 N–H and O–H groups in total. The summed E-state index contributed by atoms with van der Waals surface area (Å²) in [5, 5.41) is 1.07. The molecule has 1 heteroatoms. The summed E-state index contributed by atoms with van der Waals surface area (Å²) in [6, 6.07) is 9.08. The van der Waals surface area contributed by atoms with E-state index in [0.29, 0.717) is 5.92 Å². The van der Waals surface area contributed by atoms with Crippen LogP contribution in [0.5, 0.6) is 0 Å². The van der Waals surface area contributed by atoms with E-state index in [4.69, 9.17) is 0 Å². The lowest BCUT2D eigenvalue weighted by molar-refractivity contribution is 0.529. The highest BCUT2D eigenvalue weighted by Gasteiger charge is 2.11. The average Bonchev–Trinajstić information content (AvgIpc) is 2.26. The summed E-state index contributed by atoms with van der Waals surface area (Å²) in [5.74, 6) is 1.43. The third-order valence-corrected chi connectivity index (χ3v) is 3.58. The highest BCUT2D eigenvalue weighted by atomic mass is 79.9. The third-order valence-electron chi connectivity index (χ3n) is 2.80. The molecule has 1 unspecified atom stereocenters. The molecule has 0 bridgehead atoms. The van der Waals surface area contributed by atoms with Crippen LogP contribution in [0.4, 0.5) is 0 Å². The van der Waals surface area contributed by atoms with E-state index >= 15 is 0 Å². The Morgan fingerprint density at radius 1 is 1.13 bits per heavy atom. The lowest BCUT2D eigenvalue weighted by atomic mass is 9.91. The van der Waals surface area contributed by atoms with Crippen molar-refractivity contribution >= 4 is 15.9 Å². The van der Waals surface area contributed by atoms with Crippen molar-refractivity contribution in [1.29, 1.82) is 0 Å². The van der Waals surface area contributed by atoms with Gasteiger partial charge in [0.05, 0.1) is 0 Å². The van der Waals surface area contributed by atoms with Gasteiger partial charge in [0, 0.05) is 5.33 Å². The van der Waals surface area contributed by atoms with E-state index in [1.54, 1.807) is 0 Å². The topological polar surface area (TPSA) is 0 Å². The lowest BCUT2D eigenvalue weighted by Gasteiger charge is -2.17. The van der Waals surface area contributed by atoms with Gasteiger partial charge < -0.3 is 0 Å². The highest BCUT2D eigenvalue weighted by molar-refractivity contribution is 9.09. The normalized spacial score (nSPS) is 13.1. The first-order chi connectivity index (χ1) is 7.17. The van der Waals surface area contributed by atoms with Crippen LogP contribution in [0, 0.1) is 5.92 Å². The molecule has 0 aromatic heterocycles. The summed E-state index contributed by atoms with van der Waals surface area (Å²) >= 11 is 3.62. The molecule has 84 valence electrons. The molecule has 1 atom stereocenters. The molecule has 0 radical (unpaired) electrons. The van der Waals surface area contributed by atoms with E-state index in [1.807, 2.05) is 0 Å². The predicted octanol–water partition coefficient (Wildman–Crippen LogP) is 4.77. The molecule has 0 aliphatic heterocycles. The van der Waals surface area contributed by atoms with Crippen molar-refractivity contribution in [3.05, 3.63) is 35.4 Å². The molecular weight excluding hydrogens is 248 g/mol. The summed E-state index contributed by atoms with van der Waals surface area (Å²) in [6.45, 7) is 6.78. The zero-order valence-corrected chi connectivity index (χ0v) is 11.5. The molecule has 0 aliphatic rings. The summed E-state index contributed by atoms with van der Waals surface area (Å²) in [7, 11) is 0. The van der Waals surface area contributed by atoms with Crippen LogP contribution in [0.15, 0.2) is 24.3 Å². The molecule has 1 aromatic carbocycles. The van der Waals surface area contributed by atoms with Crippen LogP contribution in [0.3, 0.4) is 0 Å². The quantitative estimate of drug-likeness (QED) is 0.675. The first kappa shape index (κ1) is 12.8. The van der Waals surface area contributed by atoms with Crippen molar-refractivity contribution in [3.63, 3.8) is 0 Å². The van der Waals surface area contributed by atoms with Gasteiger partial charge in [0.1, 0.15) is 0 Å². The van der Waals surface area contributed by atoms with Gasteiger partial charge in [-0.25, -0.2) is 0 Å². The second kappa shape index (κ2) is 6.32. The van der Waals surface area contributed by atoms with E-state index in [-0.39, 0.29) is 0 Å². The molecule has 0 nitrogen and oxygen atoms in total. The average molecular weight is 269 g/mol. The van der Waals surface area contributed by atoms with Gasteiger partial charge in [-0.05, 0) is 35.8 Å². The first-order valence-electron chi connectivity index (χ1n) is 5.82. The van der Waals surface area contributed by atoms with Gasteiger partial charge in [0.15, 0.2) is 0 Å². The molecule has 0 saturated heterocycles. The minimum atomic E-state index is 0.663. The minimum absolute atomic E-state index is 0.663. The van der Waals surface area contributed by atoms with Crippen LogP contribution in [0.1, 0.15) is 44.2 Å². The molecule has 0 aliphatic carbocycles. The Morgan fingerprint density at radius 3 is 2.13 bits per heavy atom. The van der Waals surface area contributed by atoms with Crippen molar-refractivity contribution in [2.45, 2.75) is 39.5 Å². The summed E-state index contributed by atoms with van der Waals surface area (Å²) in [4.78, 5) is 0. The van der Waals surface area contributed by atoms with Crippen LogP contribution >= 0.6 is 15.9 Å². The number of hydrogen-bond acceptors (Lipinski definition) is 0. The van der Waals surface area contributed by atoms with Crippen LogP contribution in [0.25, 0.3) is 0 Å². The molecule has 0 spiro atoms. The third kappa shape index (κ3) is 3.98. The van der Waals surface area contributed by atoms with E-state index in [2.05, 4.69) is 61.0 Å². The van der Waals surface area contributed by atoms with Crippen molar-refractivity contribution in [2.24, 2.45) is 5.92 Å². The van der Waals surface area contributed by atoms with Gasteiger partial charge in [0.2, 0.25) is 0 Å². The van der Waals surface area contributed by atoms with Crippen molar-refractivity contribution in [2.75, 3.05) is 5.33 Å². The number of alkyl halides is 1. The smallest absolute Gasteiger partial charge is 0.0100 e. The Balaban J connectivity index is 2.74. The zero-order chi connectivity index (χ0) is 11.3. The molecule has 0 fully saturated rings. The fraction of sp³-hybridized carbons (Fsp3) is 0.571. The van der Waals surface area contributed by atoms with Crippen LogP contribution in [0.2, 0.25) is 0 Å². The van der Waals surface area contributed by atoms with Gasteiger partial charge >= 0.3 is 0 Å². The fourth-order valence-corrected chi connectivity index (χ4v) is 2.52. The summed E-state index contributed by atoms with van der Waals surface area (Å²) in [5.41, 5.74) is 2.90. The first-order valence-corrected chi connectivity index (χ1v) is 6.94. The molecule has 1 rings (SSSR count). The maximum atomic E-state index is 3.62. The number of halogens is 1. The Morgan fingerprint density at radius 2 is 1.73 bits per heavy atom. The Hall–Kier alpha value is -0.300. The zero-order valence-electron chi connectivity index (χ0n) is 9.96. The van der Waals surface area contributed by atoms with Crippen LogP contribution in [-0.2, 0) is 6.42 Å². The number of rotatable bonds is 5. The predicted molar refractivity (Wildman–Crippen MR) is 71.8 cm³/mol.